The quantitative estimate of drug-likeness (QED) is 0.772. The second-order valence-corrected chi connectivity index (χ2v) is 5.32. The molecule has 0 radical (unpaired) electrons. The fraction of sp³-hybridized carbons (Fsp3) is 0.105. The fourth-order valence-electron chi connectivity index (χ4n) is 2.64. The number of aromatic nitrogens is 1. The van der Waals surface area contributed by atoms with Gasteiger partial charge in [0.15, 0.2) is 0 Å². The van der Waals surface area contributed by atoms with Crippen molar-refractivity contribution in [1.82, 2.24) is 10.3 Å². The molecule has 0 atom stereocenters. The van der Waals surface area contributed by atoms with E-state index in [9.17, 15) is 14.7 Å². The van der Waals surface area contributed by atoms with E-state index in [0.29, 0.717) is 12.1 Å². The van der Waals surface area contributed by atoms with Crippen molar-refractivity contribution in [3.05, 3.63) is 66.0 Å². The van der Waals surface area contributed by atoms with Gasteiger partial charge in [0.25, 0.3) is 5.91 Å². The molecular weight excluding hydrogens is 304 g/mol. The van der Waals surface area contributed by atoms with Crippen LogP contribution in [0.3, 0.4) is 0 Å². The first-order chi connectivity index (χ1) is 11.6. The highest BCUT2D eigenvalue weighted by molar-refractivity contribution is 6.00. The van der Waals surface area contributed by atoms with Gasteiger partial charge in [0.2, 0.25) is 0 Å². The van der Waals surface area contributed by atoms with Crippen molar-refractivity contribution < 1.29 is 14.7 Å². The van der Waals surface area contributed by atoms with Crippen LogP contribution in [0.25, 0.3) is 21.9 Å². The monoisotopic (exact) mass is 320 g/mol. The molecule has 5 nitrogen and oxygen atoms in total. The zero-order valence-corrected chi connectivity index (χ0v) is 13.1. The number of amides is 1. The first-order valence-electron chi connectivity index (χ1n) is 7.62. The highest BCUT2D eigenvalue weighted by Gasteiger charge is 2.15. The van der Waals surface area contributed by atoms with Crippen LogP contribution in [-0.2, 0) is 0 Å². The second kappa shape index (κ2) is 6.50. The Morgan fingerprint density at radius 2 is 1.75 bits per heavy atom. The minimum Gasteiger partial charge on any atom is -0.477 e. The van der Waals surface area contributed by atoms with Gasteiger partial charge in [-0.15, -0.1) is 0 Å². The molecule has 1 heterocycles. The summed E-state index contributed by atoms with van der Waals surface area (Å²) in [6, 6.07) is 16.8. The molecule has 0 unspecified atom stereocenters. The summed E-state index contributed by atoms with van der Waals surface area (Å²) in [6.45, 7) is 2.24. The average Bonchev–Trinajstić information content (AvgIpc) is 2.61. The van der Waals surface area contributed by atoms with Crippen LogP contribution < -0.4 is 5.32 Å². The van der Waals surface area contributed by atoms with Crippen molar-refractivity contribution in [1.29, 1.82) is 0 Å². The molecule has 2 aromatic carbocycles. The number of pyridine rings is 1. The van der Waals surface area contributed by atoms with Crippen LogP contribution in [0, 0.1) is 0 Å². The van der Waals surface area contributed by atoms with Crippen molar-refractivity contribution in [2.75, 3.05) is 6.54 Å². The number of nitrogens with zero attached hydrogens (tertiary/aromatic N) is 1. The molecule has 2 N–H and O–H groups in total. The largest absolute Gasteiger partial charge is 0.477 e. The molecule has 0 saturated heterocycles. The molecule has 24 heavy (non-hydrogen) atoms. The van der Waals surface area contributed by atoms with Gasteiger partial charge >= 0.3 is 5.97 Å². The van der Waals surface area contributed by atoms with Gasteiger partial charge in [-0.05, 0) is 41.0 Å². The molecule has 0 fully saturated rings. The van der Waals surface area contributed by atoms with Crippen molar-refractivity contribution >= 4 is 22.6 Å². The van der Waals surface area contributed by atoms with Gasteiger partial charge in [-0.3, -0.25) is 4.79 Å². The van der Waals surface area contributed by atoms with Crippen LogP contribution in [0.15, 0.2) is 54.6 Å². The molecule has 0 bridgehead atoms. The highest BCUT2D eigenvalue weighted by atomic mass is 16.4. The molecule has 0 aliphatic rings. The topological polar surface area (TPSA) is 79.3 Å². The predicted octanol–water partition coefficient (Wildman–Crippen LogP) is 3.35. The van der Waals surface area contributed by atoms with Crippen LogP contribution in [0.4, 0.5) is 0 Å². The standard InChI is InChI=1S/C19H16N2O3/c1-2-20-18(22)16-10-13(11-17(21-16)19(23)24)15-9-5-7-12-6-3-4-8-14(12)15/h3-11H,2H2,1H3,(H,20,22)(H,23,24). The van der Waals surface area contributed by atoms with Crippen LogP contribution >= 0.6 is 0 Å². The van der Waals surface area contributed by atoms with Crippen LogP contribution in [-0.4, -0.2) is 28.5 Å². The van der Waals surface area contributed by atoms with Crippen molar-refractivity contribution in [3.63, 3.8) is 0 Å². The Balaban J connectivity index is 2.22. The summed E-state index contributed by atoms with van der Waals surface area (Å²) in [7, 11) is 0. The summed E-state index contributed by atoms with van der Waals surface area (Å²) in [5.41, 5.74) is 1.46. The lowest BCUT2D eigenvalue weighted by molar-refractivity contribution is 0.0690. The van der Waals surface area contributed by atoms with Crippen LogP contribution in [0.1, 0.15) is 27.9 Å². The summed E-state index contributed by atoms with van der Waals surface area (Å²) in [4.78, 5) is 27.4. The third-order valence-corrected chi connectivity index (χ3v) is 3.72. The molecule has 1 aromatic heterocycles. The number of carbonyl (C=O) groups excluding carboxylic acids is 1. The molecule has 5 heteroatoms. The smallest absolute Gasteiger partial charge is 0.354 e. The lowest BCUT2D eigenvalue weighted by atomic mass is 9.97. The summed E-state index contributed by atoms with van der Waals surface area (Å²) in [6.07, 6.45) is 0. The zero-order chi connectivity index (χ0) is 17.1. The first-order valence-corrected chi connectivity index (χ1v) is 7.62. The van der Waals surface area contributed by atoms with Gasteiger partial charge in [0, 0.05) is 6.54 Å². The molecule has 120 valence electrons. The minimum absolute atomic E-state index is 0.0969. The first kappa shape index (κ1) is 15.7. The van der Waals surface area contributed by atoms with Crippen LogP contribution in [0.5, 0.6) is 0 Å². The van der Waals surface area contributed by atoms with Crippen molar-refractivity contribution in [3.8, 4) is 11.1 Å². The lowest BCUT2D eigenvalue weighted by Gasteiger charge is -2.10. The number of hydrogen-bond acceptors (Lipinski definition) is 3. The molecule has 1 amide bonds. The number of carboxylic acid groups (broad SMARTS) is 1. The maximum atomic E-state index is 12.1. The fourth-order valence-corrected chi connectivity index (χ4v) is 2.64. The number of carboxylic acids is 1. The third kappa shape index (κ3) is 2.96. The summed E-state index contributed by atoms with van der Waals surface area (Å²) < 4.78 is 0. The Morgan fingerprint density at radius 1 is 1.04 bits per heavy atom. The number of rotatable bonds is 4. The molecule has 0 spiro atoms. The van der Waals surface area contributed by atoms with E-state index in [1.165, 1.54) is 6.07 Å². The van der Waals surface area contributed by atoms with Gasteiger partial charge in [0.05, 0.1) is 0 Å². The Bertz CT molecular complexity index is 930. The summed E-state index contributed by atoms with van der Waals surface area (Å²) in [5.74, 6) is -1.55. The number of carbonyl (C=O) groups is 2. The van der Waals surface area contributed by atoms with E-state index in [0.717, 1.165) is 16.3 Å². The summed E-state index contributed by atoms with van der Waals surface area (Å²) in [5, 5.41) is 14.0. The third-order valence-electron chi connectivity index (χ3n) is 3.72. The number of nitrogens with one attached hydrogen (secondary N) is 1. The molecule has 0 saturated carbocycles. The molecule has 3 aromatic rings. The lowest BCUT2D eigenvalue weighted by Crippen LogP contribution is -2.24. The van der Waals surface area contributed by atoms with E-state index in [-0.39, 0.29) is 17.3 Å². The molecule has 0 aliphatic heterocycles. The Labute approximate surface area is 139 Å². The predicted molar refractivity (Wildman–Crippen MR) is 92.1 cm³/mol. The van der Waals surface area contributed by atoms with E-state index in [4.69, 9.17) is 0 Å². The van der Waals surface area contributed by atoms with Crippen molar-refractivity contribution in [2.24, 2.45) is 0 Å². The van der Waals surface area contributed by atoms with Gasteiger partial charge in [-0.25, -0.2) is 9.78 Å². The van der Waals surface area contributed by atoms with Crippen molar-refractivity contribution in [2.45, 2.75) is 6.92 Å². The van der Waals surface area contributed by atoms with Gasteiger partial charge < -0.3 is 10.4 Å². The molecular formula is C19H16N2O3. The Kier molecular flexibility index (Phi) is 4.24. The van der Waals surface area contributed by atoms with Gasteiger partial charge in [0.1, 0.15) is 11.4 Å². The number of benzene rings is 2. The Morgan fingerprint density at radius 3 is 2.50 bits per heavy atom. The van der Waals surface area contributed by atoms with E-state index in [1.54, 1.807) is 13.0 Å². The average molecular weight is 320 g/mol. The number of fused-ring (bicyclic) bond motifs is 1. The highest BCUT2D eigenvalue weighted by Crippen LogP contribution is 2.29. The SMILES string of the molecule is CCNC(=O)c1cc(-c2cccc3ccccc23)cc(C(=O)O)n1. The zero-order valence-electron chi connectivity index (χ0n) is 13.1. The van der Waals surface area contributed by atoms with E-state index < -0.39 is 5.97 Å². The Hall–Kier alpha value is -3.21. The number of aromatic carboxylic acids is 1. The van der Waals surface area contributed by atoms with Gasteiger partial charge in [-0.1, -0.05) is 42.5 Å². The van der Waals surface area contributed by atoms with Gasteiger partial charge in [-0.2, -0.15) is 0 Å². The van der Waals surface area contributed by atoms with Crippen LogP contribution in [0.2, 0.25) is 0 Å². The minimum atomic E-state index is -1.16. The second-order valence-electron chi connectivity index (χ2n) is 5.32. The van der Waals surface area contributed by atoms with E-state index >= 15 is 0 Å². The van der Waals surface area contributed by atoms with E-state index in [2.05, 4.69) is 10.3 Å². The molecule has 0 aliphatic carbocycles. The maximum Gasteiger partial charge on any atom is 0.354 e. The summed E-state index contributed by atoms with van der Waals surface area (Å²) >= 11 is 0. The number of hydrogen-bond donors (Lipinski definition) is 2. The normalized spacial score (nSPS) is 10.5. The molecule has 3 rings (SSSR count). The van der Waals surface area contributed by atoms with E-state index in [1.807, 2.05) is 42.5 Å². The maximum absolute atomic E-state index is 12.1.